The third-order valence-corrected chi connectivity index (χ3v) is 4.74. The molecule has 0 atom stereocenters. The van der Waals surface area contributed by atoms with Crippen molar-refractivity contribution in [1.29, 1.82) is 0 Å². The Kier molecular flexibility index (Phi) is 3.80. The van der Waals surface area contributed by atoms with Crippen molar-refractivity contribution in [3.63, 3.8) is 0 Å². The molecule has 22 heavy (non-hydrogen) atoms. The highest BCUT2D eigenvalue weighted by atomic mass is 79.9. The first-order chi connectivity index (χ1) is 10.8. The minimum Gasteiger partial charge on any atom is -0.486 e. The van der Waals surface area contributed by atoms with E-state index in [1.165, 1.54) is 11.1 Å². The van der Waals surface area contributed by atoms with Crippen molar-refractivity contribution in [2.75, 3.05) is 13.1 Å². The normalized spacial score (nSPS) is 17.9. The van der Waals surface area contributed by atoms with Crippen molar-refractivity contribution >= 4 is 15.9 Å². The fraction of sp³-hybridized carbons (Fsp3) is 0.333. The highest BCUT2D eigenvalue weighted by Gasteiger charge is 2.25. The molecule has 4 heteroatoms. The van der Waals surface area contributed by atoms with E-state index in [1.807, 2.05) is 18.2 Å². The molecule has 4 rings (SSSR count). The van der Waals surface area contributed by atoms with Crippen LogP contribution < -0.4 is 14.8 Å². The predicted octanol–water partition coefficient (Wildman–Crippen LogP) is 3.35. The zero-order valence-corrected chi connectivity index (χ0v) is 13.8. The third-order valence-electron chi connectivity index (χ3n) is 4.25. The van der Waals surface area contributed by atoms with Crippen molar-refractivity contribution < 1.29 is 9.47 Å². The number of halogens is 1. The SMILES string of the molecule is Brc1ccc(OC2Cc3ccccc3C2)c(OC2CNC2)c1. The second kappa shape index (κ2) is 5.94. The van der Waals surface area contributed by atoms with Crippen LogP contribution in [-0.2, 0) is 12.8 Å². The van der Waals surface area contributed by atoms with Gasteiger partial charge in [-0.1, -0.05) is 40.2 Å². The van der Waals surface area contributed by atoms with Gasteiger partial charge in [0.25, 0.3) is 0 Å². The molecule has 0 bridgehead atoms. The van der Waals surface area contributed by atoms with E-state index in [0.717, 1.165) is 41.9 Å². The zero-order chi connectivity index (χ0) is 14.9. The number of benzene rings is 2. The van der Waals surface area contributed by atoms with Gasteiger partial charge >= 0.3 is 0 Å². The largest absolute Gasteiger partial charge is 0.486 e. The Morgan fingerprint density at radius 2 is 1.55 bits per heavy atom. The molecule has 1 aliphatic carbocycles. The van der Waals surface area contributed by atoms with E-state index in [-0.39, 0.29) is 12.2 Å². The Labute approximate surface area is 138 Å². The Bertz CT molecular complexity index is 660. The molecule has 1 N–H and O–H groups in total. The lowest BCUT2D eigenvalue weighted by atomic mass is 10.1. The molecule has 3 nitrogen and oxygen atoms in total. The molecule has 1 heterocycles. The average Bonchev–Trinajstić information content (AvgIpc) is 2.88. The molecule has 2 aromatic rings. The third kappa shape index (κ3) is 2.85. The van der Waals surface area contributed by atoms with Crippen LogP contribution in [0.15, 0.2) is 46.9 Å². The van der Waals surface area contributed by atoms with Crippen LogP contribution in [0.2, 0.25) is 0 Å². The van der Waals surface area contributed by atoms with Gasteiger partial charge in [-0.2, -0.15) is 0 Å². The molecule has 0 aromatic heterocycles. The smallest absolute Gasteiger partial charge is 0.162 e. The fourth-order valence-electron chi connectivity index (χ4n) is 2.98. The van der Waals surface area contributed by atoms with Gasteiger partial charge in [-0.05, 0) is 29.3 Å². The molecule has 1 fully saturated rings. The Morgan fingerprint density at radius 1 is 0.864 bits per heavy atom. The number of ether oxygens (including phenoxy) is 2. The van der Waals surface area contributed by atoms with Crippen molar-refractivity contribution in [3.05, 3.63) is 58.1 Å². The Balaban J connectivity index is 1.51. The lowest BCUT2D eigenvalue weighted by Crippen LogP contribution is -2.50. The van der Waals surface area contributed by atoms with E-state index in [9.17, 15) is 0 Å². The first kappa shape index (κ1) is 14.1. The monoisotopic (exact) mass is 359 g/mol. The molecule has 0 amide bonds. The quantitative estimate of drug-likeness (QED) is 0.907. The van der Waals surface area contributed by atoms with Crippen LogP contribution in [0, 0.1) is 0 Å². The van der Waals surface area contributed by atoms with Crippen LogP contribution in [0.25, 0.3) is 0 Å². The van der Waals surface area contributed by atoms with E-state index >= 15 is 0 Å². The maximum Gasteiger partial charge on any atom is 0.162 e. The molecule has 1 saturated heterocycles. The molecule has 0 saturated carbocycles. The van der Waals surface area contributed by atoms with Gasteiger partial charge in [-0.3, -0.25) is 0 Å². The summed E-state index contributed by atoms with van der Waals surface area (Å²) in [5, 5.41) is 3.22. The summed E-state index contributed by atoms with van der Waals surface area (Å²) in [6, 6.07) is 14.6. The number of nitrogens with one attached hydrogen (secondary N) is 1. The van der Waals surface area contributed by atoms with Gasteiger partial charge in [0.1, 0.15) is 12.2 Å². The lowest BCUT2D eigenvalue weighted by Gasteiger charge is -2.29. The van der Waals surface area contributed by atoms with Gasteiger partial charge in [0.15, 0.2) is 11.5 Å². The molecule has 1 aliphatic heterocycles. The summed E-state index contributed by atoms with van der Waals surface area (Å²) >= 11 is 3.51. The van der Waals surface area contributed by atoms with Gasteiger partial charge in [-0.25, -0.2) is 0 Å². The minimum absolute atomic E-state index is 0.195. The van der Waals surface area contributed by atoms with Crippen molar-refractivity contribution in [2.45, 2.75) is 25.0 Å². The van der Waals surface area contributed by atoms with E-state index in [1.54, 1.807) is 0 Å². The summed E-state index contributed by atoms with van der Waals surface area (Å²) in [4.78, 5) is 0. The summed E-state index contributed by atoms with van der Waals surface area (Å²) in [6.45, 7) is 1.81. The maximum atomic E-state index is 6.25. The van der Waals surface area contributed by atoms with Crippen LogP contribution in [-0.4, -0.2) is 25.3 Å². The predicted molar refractivity (Wildman–Crippen MR) is 89.7 cm³/mol. The molecule has 0 spiro atoms. The van der Waals surface area contributed by atoms with Crippen LogP contribution in [0.5, 0.6) is 11.5 Å². The summed E-state index contributed by atoms with van der Waals surface area (Å²) in [6.07, 6.45) is 2.38. The average molecular weight is 360 g/mol. The van der Waals surface area contributed by atoms with Gasteiger partial charge in [0, 0.05) is 30.4 Å². The molecular formula is C18H18BrNO2. The van der Waals surface area contributed by atoms with Gasteiger partial charge in [0.05, 0.1) is 0 Å². The Hall–Kier alpha value is -1.52. The second-order valence-corrected chi connectivity index (χ2v) is 6.82. The number of rotatable bonds is 4. The zero-order valence-electron chi connectivity index (χ0n) is 12.2. The number of fused-ring (bicyclic) bond motifs is 1. The number of hydrogen-bond acceptors (Lipinski definition) is 3. The van der Waals surface area contributed by atoms with Crippen molar-refractivity contribution in [3.8, 4) is 11.5 Å². The highest BCUT2D eigenvalue weighted by molar-refractivity contribution is 9.10. The molecule has 0 radical (unpaired) electrons. The standard InChI is InChI=1S/C18H18BrNO2/c19-14-5-6-17(18(9-14)22-16-10-20-11-16)21-15-7-12-3-1-2-4-13(12)8-15/h1-6,9,15-16,20H,7-8,10-11H2. The van der Waals surface area contributed by atoms with E-state index < -0.39 is 0 Å². The van der Waals surface area contributed by atoms with Gasteiger partial charge in [0.2, 0.25) is 0 Å². The van der Waals surface area contributed by atoms with E-state index in [4.69, 9.17) is 9.47 Å². The summed E-state index contributed by atoms with van der Waals surface area (Å²) < 4.78 is 13.3. The number of hydrogen-bond donors (Lipinski definition) is 1. The second-order valence-electron chi connectivity index (χ2n) is 5.91. The molecular weight excluding hydrogens is 342 g/mol. The molecule has 0 unspecified atom stereocenters. The topological polar surface area (TPSA) is 30.5 Å². The Morgan fingerprint density at radius 3 is 2.18 bits per heavy atom. The molecule has 2 aliphatic rings. The fourth-order valence-corrected chi connectivity index (χ4v) is 3.32. The maximum absolute atomic E-state index is 6.25. The van der Waals surface area contributed by atoms with Crippen LogP contribution in [0.3, 0.4) is 0 Å². The van der Waals surface area contributed by atoms with Gasteiger partial charge in [-0.15, -0.1) is 0 Å². The summed E-state index contributed by atoms with van der Waals surface area (Å²) in [7, 11) is 0. The summed E-state index contributed by atoms with van der Waals surface area (Å²) in [5.74, 6) is 1.67. The van der Waals surface area contributed by atoms with Crippen molar-refractivity contribution in [1.82, 2.24) is 5.32 Å². The van der Waals surface area contributed by atoms with E-state index in [0.29, 0.717) is 0 Å². The summed E-state index contributed by atoms with van der Waals surface area (Å²) in [5.41, 5.74) is 2.80. The molecule has 114 valence electrons. The van der Waals surface area contributed by atoms with Crippen LogP contribution >= 0.6 is 15.9 Å². The first-order valence-corrected chi connectivity index (χ1v) is 8.47. The van der Waals surface area contributed by atoms with Crippen LogP contribution in [0.4, 0.5) is 0 Å². The van der Waals surface area contributed by atoms with Crippen molar-refractivity contribution in [2.24, 2.45) is 0 Å². The van der Waals surface area contributed by atoms with Gasteiger partial charge < -0.3 is 14.8 Å². The lowest BCUT2D eigenvalue weighted by molar-refractivity contribution is 0.128. The minimum atomic E-state index is 0.195. The van der Waals surface area contributed by atoms with E-state index in [2.05, 4.69) is 45.5 Å². The van der Waals surface area contributed by atoms with Crippen LogP contribution in [0.1, 0.15) is 11.1 Å². The highest BCUT2D eigenvalue weighted by Crippen LogP contribution is 2.34. The molecule has 2 aromatic carbocycles. The first-order valence-electron chi connectivity index (χ1n) is 7.68.